The molecule has 16 heavy (non-hydrogen) atoms. The van der Waals surface area contributed by atoms with Gasteiger partial charge in [-0.2, -0.15) is 0 Å². The number of aryl methyl sites for hydroxylation is 1. The molecular weight excluding hydrogens is 226 g/mol. The van der Waals surface area contributed by atoms with Crippen molar-refractivity contribution in [3.8, 4) is 0 Å². The van der Waals surface area contributed by atoms with Gasteiger partial charge in [-0.25, -0.2) is 0 Å². The van der Waals surface area contributed by atoms with E-state index in [0.29, 0.717) is 11.3 Å². The fraction of sp³-hybridized carbons (Fsp3) is 0.400. The highest BCUT2D eigenvalue weighted by Gasteiger charge is 2.12. The number of hydrogen-bond acceptors (Lipinski definition) is 4. The third kappa shape index (κ3) is 3.54. The van der Waals surface area contributed by atoms with E-state index in [4.69, 9.17) is 10.9 Å². The van der Waals surface area contributed by atoms with Crippen molar-refractivity contribution in [3.63, 3.8) is 0 Å². The van der Waals surface area contributed by atoms with Gasteiger partial charge in [0.1, 0.15) is 5.84 Å². The number of thiophene rings is 1. The summed E-state index contributed by atoms with van der Waals surface area (Å²) in [6, 6.07) is 3.52. The normalized spacial score (nSPS) is 13.5. The van der Waals surface area contributed by atoms with Crippen LogP contribution in [-0.2, 0) is 0 Å². The fourth-order valence-electron chi connectivity index (χ4n) is 1.26. The summed E-state index contributed by atoms with van der Waals surface area (Å²) in [5.41, 5.74) is 5.34. The van der Waals surface area contributed by atoms with Crippen molar-refractivity contribution in [1.82, 2.24) is 5.32 Å². The Morgan fingerprint density at radius 3 is 2.88 bits per heavy atom. The summed E-state index contributed by atoms with van der Waals surface area (Å²) < 4.78 is 0. The van der Waals surface area contributed by atoms with Crippen LogP contribution in [0.25, 0.3) is 0 Å². The Morgan fingerprint density at radius 1 is 1.69 bits per heavy atom. The van der Waals surface area contributed by atoms with Gasteiger partial charge in [0.15, 0.2) is 0 Å². The number of amidine groups is 1. The quantitative estimate of drug-likeness (QED) is 0.321. The number of nitrogens with zero attached hydrogens (tertiary/aromatic N) is 1. The lowest BCUT2D eigenvalue weighted by Crippen LogP contribution is -2.35. The van der Waals surface area contributed by atoms with Crippen molar-refractivity contribution in [2.45, 2.75) is 26.3 Å². The zero-order chi connectivity index (χ0) is 12.1. The molecule has 1 aromatic heterocycles. The lowest BCUT2D eigenvalue weighted by Gasteiger charge is -2.11. The number of carbonyl (C=O) groups is 1. The molecule has 0 radical (unpaired) electrons. The second-order valence-electron chi connectivity index (χ2n) is 3.58. The van der Waals surface area contributed by atoms with Crippen molar-refractivity contribution in [3.05, 3.63) is 21.9 Å². The first-order chi connectivity index (χ1) is 7.52. The van der Waals surface area contributed by atoms with Crippen molar-refractivity contribution in [2.24, 2.45) is 10.9 Å². The summed E-state index contributed by atoms with van der Waals surface area (Å²) in [5.74, 6) is -0.0218. The molecule has 0 fully saturated rings. The van der Waals surface area contributed by atoms with Gasteiger partial charge in [0.05, 0.1) is 4.88 Å². The maximum absolute atomic E-state index is 11.7. The first-order valence-corrected chi connectivity index (χ1v) is 5.68. The average Bonchev–Trinajstić information content (AvgIpc) is 2.64. The standard InChI is InChI=1S/C10H15N3O2S/c1-6(5-9(11)13-15)12-10(14)8-4-3-7(2)16-8/h3-4,6,15H,5H2,1-2H3,(H2,11,13)(H,12,14). The molecule has 0 aliphatic heterocycles. The number of carbonyl (C=O) groups excluding carboxylic acids is 1. The van der Waals surface area contributed by atoms with E-state index < -0.39 is 0 Å². The Kier molecular flexibility index (Phi) is 4.30. The molecule has 6 heteroatoms. The summed E-state index contributed by atoms with van der Waals surface area (Å²) in [6.45, 7) is 3.75. The van der Waals surface area contributed by atoms with E-state index in [1.807, 2.05) is 13.0 Å². The number of nitrogens with one attached hydrogen (secondary N) is 1. The molecule has 0 spiro atoms. The van der Waals surface area contributed by atoms with Crippen LogP contribution in [0, 0.1) is 6.92 Å². The lowest BCUT2D eigenvalue weighted by molar-refractivity contribution is 0.0945. The first kappa shape index (κ1) is 12.5. The highest BCUT2D eigenvalue weighted by molar-refractivity contribution is 7.13. The van der Waals surface area contributed by atoms with E-state index in [1.165, 1.54) is 11.3 Å². The number of hydrogen-bond donors (Lipinski definition) is 3. The Hall–Kier alpha value is -1.56. The van der Waals surface area contributed by atoms with E-state index >= 15 is 0 Å². The maximum Gasteiger partial charge on any atom is 0.261 e. The van der Waals surface area contributed by atoms with Gasteiger partial charge >= 0.3 is 0 Å². The van der Waals surface area contributed by atoms with Gasteiger partial charge in [-0.05, 0) is 26.0 Å². The molecule has 88 valence electrons. The van der Waals surface area contributed by atoms with Crippen LogP contribution in [0.4, 0.5) is 0 Å². The third-order valence-electron chi connectivity index (χ3n) is 1.99. The van der Waals surface area contributed by atoms with Crippen LogP contribution in [0.5, 0.6) is 0 Å². The Balaban J connectivity index is 2.52. The molecule has 1 unspecified atom stereocenters. The van der Waals surface area contributed by atoms with Crippen LogP contribution in [-0.4, -0.2) is 23.0 Å². The van der Waals surface area contributed by atoms with Crippen LogP contribution in [0.2, 0.25) is 0 Å². The number of nitrogens with two attached hydrogens (primary N) is 1. The highest BCUT2D eigenvalue weighted by atomic mass is 32.1. The second-order valence-corrected chi connectivity index (χ2v) is 4.87. The average molecular weight is 241 g/mol. The van der Waals surface area contributed by atoms with Gasteiger partial charge in [-0.3, -0.25) is 4.79 Å². The third-order valence-corrected chi connectivity index (χ3v) is 2.98. The largest absolute Gasteiger partial charge is 0.409 e. The topological polar surface area (TPSA) is 87.7 Å². The molecule has 1 atom stereocenters. The number of oxime groups is 1. The summed E-state index contributed by atoms with van der Waals surface area (Å²) >= 11 is 1.44. The van der Waals surface area contributed by atoms with Crippen LogP contribution in [0.15, 0.2) is 17.3 Å². The van der Waals surface area contributed by atoms with E-state index in [-0.39, 0.29) is 17.8 Å². The van der Waals surface area contributed by atoms with E-state index in [1.54, 1.807) is 13.0 Å². The first-order valence-electron chi connectivity index (χ1n) is 4.86. The van der Waals surface area contributed by atoms with Crippen molar-refractivity contribution in [1.29, 1.82) is 0 Å². The maximum atomic E-state index is 11.7. The van der Waals surface area contributed by atoms with E-state index in [9.17, 15) is 4.79 Å². The molecule has 5 nitrogen and oxygen atoms in total. The minimum absolute atomic E-state index is 0.107. The molecule has 4 N–H and O–H groups in total. The zero-order valence-electron chi connectivity index (χ0n) is 9.23. The molecule has 1 rings (SSSR count). The number of rotatable bonds is 4. The molecule has 0 aliphatic rings. The lowest BCUT2D eigenvalue weighted by atomic mass is 10.2. The molecule has 0 aliphatic carbocycles. The van der Waals surface area contributed by atoms with E-state index in [2.05, 4.69) is 10.5 Å². The summed E-state index contributed by atoms with van der Waals surface area (Å²) in [5, 5.41) is 14.0. The predicted molar refractivity (Wildman–Crippen MR) is 64.0 cm³/mol. The summed E-state index contributed by atoms with van der Waals surface area (Å²) in [6.07, 6.45) is 0.326. The minimum atomic E-state index is -0.161. The van der Waals surface area contributed by atoms with E-state index in [0.717, 1.165) is 4.88 Å². The smallest absolute Gasteiger partial charge is 0.261 e. The molecule has 1 heterocycles. The van der Waals surface area contributed by atoms with Crippen LogP contribution in [0.1, 0.15) is 27.9 Å². The minimum Gasteiger partial charge on any atom is -0.409 e. The molecule has 0 saturated heterocycles. The van der Waals surface area contributed by atoms with Gasteiger partial charge in [-0.15, -0.1) is 11.3 Å². The second kappa shape index (κ2) is 5.50. The van der Waals surface area contributed by atoms with Crippen molar-refractivity contribution in [2.75, 3.05) is 0 Å². The predicted octanol–water partition coefficient (Wildman–Crippen LogP) is 1.31. The van der Waals surface area contributed by atoms with Crippen molar-refractivity contribution >= 4 is 23.1 Å². The van der Waals surface area contributed by atoms with Gasteiger partial charge in [0, 0.05) is 17.3 Å². The van der Waals surface area contributed by atoms with Crippen LogP contribution >= 0.6 is 11.3 Å². The Bertz CT molecular complexity index is 401. The highest BCUT2D eigenvalue weighted by Crippen LogP contribution is 2.14. The molecule has 0 aromatic carbocycles. The van der Waals surface area contributed by atoms with Gasteiger partial charge in [0.25, 0.3) is 5.91 Å². The molecule has 0 saturated carbocycles. The monoisotopic (exact) mass is 241 g/mol. The summed E-state index contributed by atoms with van der Waals surface area (Å²) in [4.78, 5) is 13.5. The van der Waals surface area contributed by atoms with Gasteiger partial charge in [-0.1, -0.05) is 5.16 Å². The van der Waals surface area contributed by atoms with Gasteiger partial charge in [0.2, 0.25) is 0 Å². The Labute approximate surface area is 98.0 Å². The summed E-state index contributed by atoms with van der Waals surface area (Å²) in [7, 11) is 0. The molecular formula is C10H15N3O2S. The molecule has 1 aromatic rings. The number of amides is 1. The zero-order valence-corrected chi connectivity index (χ0v) is 10.0. The fourth-order valence-corrected chi connectivity index (χ4v) is 2.03. The molecule has 1 amide bonds. The Morgan fingerprint density at radius 2 is 2.38 bits per heavy atom. The SMILES string of the molecule is Cc1ccc(C(=O)NC(C)CC(N)=NO)s1. The van der Waals surface area contributed by atoms with Crippen LogP contribution in [0.3, 0.4) is 0 Å². The van der Waals surface area contributed by atoms with Crippen LogP contribution < -0.4 is 11.1 Å². The van der Waals surface area contributed by atoms with Crippen molar-refractivity contribution < 1.29 is 10.0 Å². The van der Waals surface area contributed by atoms with Gasteiger partial charge < -0.3 is 16.3 Å². The molecule has 0 bridgehead atoms.